The number of rotatable bonds is 8. The van der Waals surface area contributed by atoms with E-state index in [0.717, 1.165) is 17.7 Å². The van der Waals surface area contributed by atoms with Crippen molar-refractivity contribution < 1.29 is 32.6 Å². The van der Waals surface area contributed by atoms with Crippen molar-refractivity contribution in [3.8, 4) is 22.8 Å². The fourth-order valence-electron chi connectivity index (χ4n) is 3.19. The van der Waals surface area contributed by atoms with Gasteiger partial charge in [-0.2, -0.15) is 0 Å². The maximum atomic E-state index is 14.8. The number of pyridine rings is 1. The molecule has 1 heterocycles. The van der Waals surface area contributed by atoms with Gasteiger partial charge in [-0.05, 0) is 66.9 Å². The quantitative estimate of drug-likeness (QED) is 0.237. The third kappa shape index (κ3) is 5.05. The molecule has 166 valence electrons. The van der Waals surface area contributed by atoms with Gasteiger partial charge < -0.3 is 14.7 Å². The first-order chi connectivity index (χ1) is 15.3. The van der Waals surface area contributed by atoms with Crippen LogP contribution in [0.2, 0.25) is 0 Å². The molecule has 6 nitrogen and oxygen atoms in total. The van der Waals surface area contributed by atoms with Crippen molar-refractivity contribution in [3.05, 3.63) is 76.2 Å². The zero-order valence-corrected chi connectivity index (χ0v) is 17.2. The van der Waals surface area contributed by atoms with E-state index in [0.29, 0.717) is 16.8 Å². The van der Waals surface area contributed by atoms with Gasteiger partial charge >= 0.3 is 6.47 Å². The van der Waals surface area contributed by atoms with Gasteiger partial charge in [0.25, 0.3) is 0 Å². The molecule has 1 aromatic heterocycles. The second kappa shape index (κ2) is 9.95. The highest BCUT2D eigenvalue weighted by Crippen LogP contribution is 2.31. The Balaban J connectivity index is 1.88. The van der Waals surface area contributed by atoms with E-state index in [9.17, 15) is 23.1 Å². The minimum absolute atomic E-state index is 0.0162. The average Bonchev–Trinajstić information content (AvgIpc) is 2.77. The first-order valence-electron chi connectivity index (χ1n) is 9.48. The molecule has 9 heteroatoms. The van der Waals surface area contributed by atoms with E-state index in [-0.39, 0.29) is 42.3 Å². The summed E-state index contributed by atoms with van der Waals surface area (Å²) < 4.78 is 47.0. The topological polar surface area (TPSA) is 81.0 Å². The fraction of sp³-hybridized carbons (Fsp3) is 0.174. The van der Waals surface area contributed by atoms with Crippen molar-refractivity contribution in [2.24, 2.45) is 5.16 Å². The van der Waals surface area contributed by atoms with Gasteiger partial charge in [0.1, 0.15) is 18.1 Å². The molecule has 0 aliphatic rings. The molecule has 0 saturated carbocycles. The highest BCUT2D eigenvalue weighted by molar-refractivity contribution is 5.66. The zero-order chi connectivity index (χ0) is 23.3. The number of aromatic hydroxyl groups is 1. The van der Waals surface area contributed by atoms with Gasteiger partial charge in [0.15, 0.2) is 23.2 Å². The molecule has 0 saturated heterocycles. The summed E-state index contributed by atoms with van der Waals surface area (Å²) in [7, 11) is 0. The standard InChI is InChI=1S/C23H19F3N2O4/c1-13-9-21(31-8-7-27-32-12-29)22(26)14(2)17(13)11-16-4-6-20(30)23(28-16)15-3-5-18(24)19(25)10-15/h3-7,9-10,12,30H,8,11H2,1-2H3. The second-order valence-corrected chi connectivity index (χ2v) is 6.89. The predicted octanol–water partition coefficient (Wildman–Crippen LogP) is 4.62. The lowest BCUT2D eigenvalue weighted by molar-refractivity contribution is -0.128. The van der Waals surface area contributed by atoms with Gasteiger partial charge in [-0.25, -0.2) is 18.2 Å². The van der Waals surface area contributed by atoms with Gasteiger partial charge in [-0.15, -0.1) is 0 Å². The summed E-state index contributed by atoms with van der Waals surface area (Å²) in [6.07, 6.45) is 1.41. The van der Waals surface area contributed by atoms with Crippen molar-refractivity contribution in [1.82, 2.24) is 4.98 Å². The molecule has 0 amide bonds. The number of hydrogen-bond donors (Lipinski definition) is 1. The van der Waals surface area contributed by atoms with Crippen LogP contribution in [-0.2, 0) is 16.1 Å². The SMILES string of the molecule is Cc1cc(OCC=NOC=O)c(F)c(C)c1Cc1ccc(O)c(-c2ccc(F)c(F)c2)n1. The molecule has 2 aromatic carbocycles. The Morgan fingerprint density at radius 1 is 1.09 bits per heavy atom. The van der Waals surface area contributed by atoms with Crippen LogP contribution in [0.5, 0.6) is 11.5 Å². The number of aromatic nitrogens is 1. The smallest absolute Gasteiger partial charge is 0.323 e. The van der Waals surface area contributed by atoms with Crippen LogP contribution in [0.25, 0.3) is 11.3 Å². The van der Waals surface area contributed by atoms with E-state index in [4.69, 9.17) is 4.74 Å². The lowest BCUT2D eigenvalue weighted by atomic mass is 9.97. The summed E-state index contributed by atoms with van der Waals surface area (Å²) in [5, 5.41) is 13.4. The molecule has 1 N–H and O–H groups in total. The maximum absolute atomic E-state index is 14.8. The highest BCUT2D eigenvalue weighted by atomic mass is 19.2. The Labute approximate surface area is 181 Å². The van der Waals surface area contributed by atoms with Gasteiger partial charge in [-0.1, -0.05) is 5.16 Å². The number of oxime groups is 1. The second-order valence-electron chi connectivity index (χ2n) is 6.89. The van der Waals surface area contributed by atoms with Crippen LogP contribution in [0.15, 0.2) is 41.6 Å². The van der Waals surface area contributed by atoms with E-state index in [1.807, 2.05) is 0 Å². The minimum Gasteiger partial charge on any atom is -0.506 e. The molecule has 32 heavy (non-hydrogen) atoms. The Morgan fingerprint density at radius 3 is 2.59 bits per heavy atom. The molecule has 0 radical (unpaired) electrons. The molecule has 3 aromatic rings. The molecule has 0 spiro atoms. The largest absolute Gasteiger partial charge is 0.506 e. The van der Waals surface area contributed by atoms with Gasteiger partial charge in [0, 0.05) is 17.7 Å². The number of aryl methyl sites for hydroxylation is 1. The monoisotopic (exact) mass is 444 g/mol. The summed E-state index contributed by atoms with van der Waals surface area (Å²) in [4.78, 5) is 18.5. The van der Waals surface area contributed by atoms with Crippen molar-refractivity contribution >= 4 is 12.7 Å². The normalized spacial score (nSPS) is 11.0. The third-order valence-electron chi connectivity index (χ3n) is 4.80. The number of benzene rings is 2. The van der Waals surface area contributed by atoms with E-state index in [1.54, 1.807) is 19.9 Å². The Bertz CT molecular complexity index is 1180. The number of hydrogen-bond acceptors (Lipinski definition) is 6. The van der Waals surface area contributed by atoms with Gasteiger partial charge in [0.2, 0.25) is 0 Å². The number of carbonyl (C=O) groups is 1. The lowest BCUT2D eigenvalue weighted by Crippen LogP contribution is -2.06. The molecule has 0 fully saturated rings. The summed E-state index contributed by atoms with van der Waals surface area (Å²) in [6, 6.07) is 7.73. The lowest BCUT2D eigenvalue weighted by Gasteiger charge is -2.15. The Kier molecular flexibility index (Phi) is 7.09. The molecule has 0 unspecified atom stereocenters. The van der Waals surface area contributed by atoms with Crippen molar-refractivity contribution in [3.63, 3.8) is 0 Å². The maximum Gasteiger partial charge on any atom is 0.323 e. The van der Waals surface area contributed by atoms with Crippen LogP contribution in [0, 0.1) is 31.3 Å². The van der Waals surface area contributed by atoms with Crippen LogP contribution < -0.4 is 4.74 Å². The van der Waals surface area contributed by atoms with E-state index >= 15 is 0 Å². The molecule has 0 bridgehead atoms. The summed E-state index contributed by atoms with van der Waals surface area (Å²) in [6.45, 7) is 3.44. The zero-order valence-electron chi connectivity index (χ0n) is 17.2. The predicted molar refractivity (Wildman–Crippen MR) is 111 cm³/mol. The third-order valence-corrected chi connectivity index (χ3v) is 4.80. The average molecular weight is 444 g/mol. The first-order valence-corrected chi connectivity index (χ1v) is 9.48. The van der Waals surface area contributed by atoms with Crippen LogP contribution >= 0.6 is 0 Å². The van der Waals surface area contributed by atoms with Crippen molar-refractivity contribution in [1.29, 1.82) is 0 Å². The fourth-order valence-corrected chi connectivity index (χ4v) is 3.19. The number of halogens is 3. The van der Waals surface area contributed by atoms with Crippen LogP contribution in [0.1, 0.15) is 22.4 Å². The Hall–Kier alpha value is -3.88. The molecular formula is C23H19F3N2O4. The van der Waals surface area contributed by atoms with Crippen LogP contribution in [-0.4, -0.2) is 29.4 Å². The summed E-state index contributed by atoms with van der Waals surface area (Å²) >= 11 is 0. The van der Waals surface area contributed by atoms with Gasteiger partial charge in [0.05, 0.1) is 6.21 Å². The van der Waals surface area contributed by atoms with Crippen molar-refractivity contribution in [2.45, 2.75) is 20.3 Å². The van der Waals surface area contributed by atoms with E-state index in [2.05, 4.69) is 15.0 Å². The van der Waals surface area contributed by atoms with Crippen molar-refractivity contribution in [2.75, 3.05) is 6.61 Å². The van der Waals surface area contributed by atoms with E-state index in [1.165, 1.54) is 24.4 Å². The summed E-state index contributed by atoms with van der Waals surface area (Å²) in [5.41, 5.74) is 2.57. The molecule has 0 atom stereocenters. The molecule has 0 aliphatic carbocycles. The minimum atomic E-state index is -1.05. The Morgan fingerprint density at radius 2 is 1.88 bits per heavy atom. The number of nitrogens with zero attached hydrogens (tertiary/aromatic N) is 2. The molecule has 0 aliphatic heterocycles. The number of carbonyl (C=O) groups excluding carboxylic acids is 1. The van der Waals surface area contributed by atoms with Crippen LogP contribution in [0.3, 0.4) is 0 Å². The van der Waals surface area contributed by atoms with Crippen LogP contribution in [0.4, 0.5) is 13.2 Å². The molecule has 3 rings (SSSR count). The number of ether oxygens (including phenoxy) is 1. The molecular weight excluding hydrogens is 425 g/mol. The summed E-state index contributed by atoms with van der Waals surface area (Å²) in [5.74, 6) is -2.79. The first kappa shape index (κ1) is 22.8. The highest BCUT2D eigenvalue weighted by Gasteiger charge is 2.17. The van der Waals surface area contributed by atoms with E-state index < -0.39 is 17.5 Å². The van der Waals surface area contributed by atoms with Gasteiger partial charge in [-0.3, -0.25) is 4.79 Å².